The average Bonchev–Trinajstić information content (AvgIpc) is 3.06. The molecule has 1 amide bonds. The standard InChI is InChI=1S/C23H21Cl2NO5S2/c1-29-19-10-14(5-8-18(19)31-13-15-6-7-16(24)12-17(15)25)11-20-22(28)26(23(32)33-20)9-3-4-21(27)30-2/h5-8,10-12H,3-4,9,13H2,1-2H3/b20-11-. The Hall–Kier alpha value is -2.26. The van der Waals surface area contributed by atoms with E-state index in [2.05, 4.69) is 4.74 Å². The Bertz CT molecular complexity index is 1110. The van der Waals surface area contributed by atoms with Crippen LogP contribution in [0.15, 0.2) is 41.3 Å². The summed E-state index contributed by atoms with van der Waals surface area (Å²) in [6, 6.07) is 10.6. The first kappa shape index (κ1) is 25.4. The van der Waals surface area contributed by atoms with Crippen LogP contribution in [0.3, 0.4) is 0 Å². The molecule has 1 saturated heterocycles. The highest BCUT2D eigenvalue weighted by molar-refractivity contribution is 8.26. The fraction of sp³-hybridized carbons (Fsp3) is 0.261. The predicted molar refractivity (Wildman–Crippen MR) is 135 cm³/mol. The molecule has 174 valence electrons. The van der Waals surface area contributed by atoms with Gasteiger partial charge in [-0.25, -0.2) is 0 Å². The first-order chi connectivity index (χ1) is 15.8. The van der Waals surface area contributed by atoms with E-state index < -0.39 is 0 Å². The van der Waals surface area contributed by atoms with E-state index in [4.69, 9.17) is 44.9 Å². The normalized spacial score (nSPS) is 14.7. The van der Waals surface area contributed by atoms with Crippen molar-refractivity contribution in [2.75, 3.05) is 20.8 Å². The molecule has 0 aliphatic carbocycles. The van der Waals surface area contributed by atoms with Gasteiger partial charge >= 0.3 is 5.97 Å². The number of carbonyl (C=O) groups is 2. The molecule has 0 bridgehead atoms. The van der Waals surface area contributed by atoms with Crippen molar-refractivity contribution < 1.29 is 23.8 Å². The van der Waals surface area contributed by atoms with E-state index >= 15 is 0 Å². The van der Waals surface area contributed by atoms with Crippen molar-refractivity contribution in [2.24, 2.45) is 0 Å². The fourth-order valence-corrected chi connectivity index (χ4v) is 4.79. The Morgan fingerprint density at radius 2 is 1.94 bits per heavy atom. The van der Waals surface area contributed by atoms with Crippen LogP contribution in [-0.2, 0) is 20.9 Å². The van der Waals surface area contributed by atoms with Gasteiger partial charge in [-0.05, 0) is 42.3 Å². The number of amides is 1. The van der Waals surface area contributed by atoms with Crippen molar-refractivity contribution in [3.63, 3.8) is 0 Å². The molecule has 1 aliphatic heterocycles. The fourth-order valence-electron chi connectivity index (χ4n) is 3.02. The molecule has 0 unspecified atom stereocenters. The number of benzene rings is 2. The molecule has 1 fully saturated rings. The maximum absolute atomic E-state index is 12.8. The molecule has 0 saturated carbocycles. The van der Waals surface area contributed by atoms with Gasteiger partial charge in [-0.3, -0.25) is 14.5 Å². The zero-order valence-corrected chi connectivity index (χ0v) is 21.1. The summed E-state index contributed by atoms with van der Waals surface area (Å²) in [5, 5.41) is 1.08. The molecule has 2 aromatic rings. The minimum absolute atomic E-state index is 0.188. The largest absolute Gasteiger partial charge is 0.493 e. The Labute approximate surface area is 211 Å². The monoisotopic (exact) mass is 525 g/mol. The van der Waals surface area contributed by atoms with Gasteiger partial charge in [0.05, 0.1) is 19.1 Å². The van der Waals surface area contributed by atoms with E-state index in [1.165, 1.54) is 23.8 Å². The molecule has 0 N–H and O–H groups in total. The number of rotatable bonds is 9. The summed E-state index contributed by atoms with van der Waals surface area (Å²) in [4.78, 5) is 26.0. The summed E-state index contributed by atoms with van der Waals surface area (Å²) in [5.74, 6) is 0.550. The lowest BCUT2D eigenvalue weighted by Gasteiger charge is -2.13. The number of hydrogen-bond acceptors (Lipinski definition) is 7. The Balaban J connectivity index is 1.69. The summed E-state index contributed by atoms with van der Waals surface area (Å²) in [7, 11) is 2.88. The maximum atomic E-state index is 12.8. The SMILES string of the molecule is COC(=O)CCCN1C(=O)/C(=C/c2ccc(OCc3ccc(Cl)cc3Cl)c(OC)c2)SC1=S. The molecular formula is C23H21Cl2NO5S2. The molecule has 3 rings (SSSR count). The number of hydrogen-bond donors (Lipinski definition) is 0. The second-order valence-corrected chi connectivity index (χ2v) is 9.47. The molecular weight excluding hydrogens is 505 g/mol. The summed E-state index contributed by atoms with van der Waals surface area (Å²) >= 11 is 18.7. The van der Waals surface area contributed by atoms with Crippen LogP contribution >= 0.6 is 47.2 Å². The zero-order valence-electron chi connectivity index (χ0n) is 17.9. The molecule has 1 aliphatic rings. The number of carbonyl (C=O) groups excluding carboxylic acids is 2. The molecule has 10 heteroatoms. The van der Waals surface area contributed by atoms with E-state index in [9.17, 15) is 9.59 Å². The van der Waals surface area contributed by atoms with Crippen molar-refractivity contribution >= 4 is 69.5 Å². The van der Waals surface area contributed by atoms with Crippen molar-refractivity contribution in [3.8, 4) is 11.5 Å². The summed E-state index contributed by atoms with van der Waals surface area (Å²) in [6.07, 6.45) is 2.46. The number of methoxy groups -OCH3 is 2. The molecule has 2 aromatic carbocycles. The first-order valence-corrected chi connectivity index (χ1v) is 11.9. The Morgan fingerprint density at radius 3 is 2.64 bits per heavy atom. The van der Waals surface area contributed by atoms with E-state index in [-0.39, 0.29) is 24.9 Å². The van der Waals surface area contributed by atoms with Crippen LogP contribution in [0.25, 0.3) is 6.08 Å². The van der Waals surface area contributed by atoms with Gasteiger partial charge < -0.3 is 14.2 Å². The quantitative estimate of drug-likeness (QED) is 0.235. The predicted octanol–water partition coefficient (Wildman–Crippen LogP) is 5.74. The number of thiocarbonyl (C=S) groups is 1. The van der Waals surface area contributed by atoms with Crippen LogP contribution in [0.5, 0.6) is 11.5 Å². The van der Waals surface area contributed by atoms with Gasteiger partial charge in [-0.2, -0.15) is 0 Å². The zero-order chi connectivity index (χ0) is 24.0. The van der Waals surface area contributed by atoms with E-state index in [1.54, 1.807) is 43.5 Å². The third-order valence-corrected chi connectivity index (χ3v) is 6.71. The van der Waals surface area contributed by atoms with Gasteiger partial charge in [-0.1, -0.05) is 59.3 Å². The highest BCUT2D eigenvalue weighted by Crippen LogP contribution is 2.35. The first-order valence-electron chi connectivity index (χ1n) is 9.89. The second kappa shape index (κ2) is 11.7. The van der Waals surface area contributed by atoms with Crippen LogP contribution in [0, 0.1) is 0 Å². The number of thioether (sulfide) groups is 1. The van der Waals surface area contributed by atoms with Gasteiger partial charge in [0, 0.05) is 28.6 Å². The second-order valence-electron chi connectivity index (χ2n) is 6.95. The average molecular weight is 526 g/mol. The number of nitrogens with zero attached hydrogens (tertiary/aromatic N) is 1. The number of ether oxygens (including phenoxy) is 3. The van der Waals surface area contributed by atoms with Gasteiger partial charge in [0.25, 0.3) is 5.91 Å². The van der Waals surface area contributed by atoms with Crippen LogP contribution in [-0.4, -0.2) is 41.9 Å². The number of esters is 1. The smallest absolute Gasteiger partial charge is 0.305 e. The van der Waals surface area contributed by atoms with Gasteiger partial charge in [0.1, 0.15) is 10.9 Å². The molecule has 33 heavy (non-hydrogen) atoms. The minimum Gasteiger partial charge on any atom is -0.493 e. The van der Waals surface area contributed by atoms with Gasteiger partial charge in [0.2, 0.25) is 0 Å². The lowest BCUT2D eigenvalue weighted by molar-refractivity contribution is -0.141. The Kier molecular flexibility index (Phi) is 9.02. The third-order valence-electron chi connectivity index (χ3n) is 4.75. The maximum Gasteiger partial charge on any atom is 0.305 e. The molecule has 0 spiro atoms. The summed E-state index contributed by atoms with van der Waals surface area (Å²) < 4.78 is 16.4. The van der Waals surface area contributed by atoms with Gasteiger partial charge in [0.15, 0.2) is 11.5 Å². The van der Waals surface area contributed by atoms with Crippen molar-refractivity contribution in [1.29, 1.82) is 0 Å². The summed E-state index contributed by atoms with van der Waals surface area (Å²) in [5.41, 5.74) is 1.56. The van der Waals surface area contributed by atoms with Crippen LogP contribution in [0.4, 0.5) is 0 Å². The molecule has 0 radical (unpaired) electrons. The highest BCUT2D eigenvalue weighted by atomic mass is 35.5. The van der Waals surface area contributed by atoms with Crippen molar-refractivity contribution in [3.05, 3.63) is 62.5 Å². The lowest BCUT2D eigenvalue weighted by atomic mass is 10.1. The van der Waals surface area contributed by atoms with Crippen molar-refractivity contribution in [1.82, 2.24) is 4.90 Å². The van der Waals surface area contributed by atoms with E-state index in [0.29, 0.717) is 43.7 Å². The van der Waals surface area contributed by atoms with Gasteiger partial charge in [-0.15, -0.1) is 0 Å². The molecule has 0 aromatic heterocycles. The lowest BCUT2D eigenvalue weighted by Crippen LogP contribution is -2.29. The van der Waals surface area contributed by atoms with E-state index in [1.807, 2.05) is 6.07 Å². The molecule has 0 atom stereocenters. The Morgan fingerprint density at radius 1 is 1.15 bits per heavy atom. The molecule has 1 heterocycles. The molecule has 6 nitrogen and oxygen atoms in total. The van der Waals surface area contributed by atoms with Crippen LogP contribution in [0.1, 0.15) is 24.0 Å². The van der Waals surface area contributed by atoms with Crippen LogP contribution in [0.2, 0.25) is 10.0 Å². The summed E-state index contributed by atoms with van der Waals surface area (Å²) in [6.45, 7) is 0.608. The van der Waals surface area contributed by atoms with Crippen LogP contribution < -0.4 is 9.47 Å². The van der Waals surface area contributed by atoms with E-state index in [0.717, 1.165) is 11.1 Å². The van der Waals surface area contributed by atoms with Crippen molar-refractivity contribution in [2.45, 2.75) is 19.4 Å². The topological polar surface area (TPSA) is 65.1 Å². The number of halogens is 2. The third kappa shape index (κ3) is 6.63. The highest BCUT2D eigenvalue weighted by Gasteiger charge is 2.31. The minimum atomic E-state index is -0.316.